The topological polar surface area (TPSA) is 89.4 Å². The number of aryl methyl sites for hydroxylation is 2. The van der Waals surface area contributed by atoms with Crippen LogP contribution >= 0.6 is 0 Å². The van der Waals surface area contributed by atoms with Crippen LogP contribution in [0.4, 0.5) is 5.82 Å². The summed E-state index contributed by atoms with van der Waals surface area (Å²) in [4.78, 5) is 12.1. The molecule has 2 fully saturated rings. The molecular weight excluding hydrogens is 402 g/mol. The predicted octanol–water partition coefficient (Wildman–Crippen LogP) is 3.40. The molecule has 0 amide bonds. The maximum atomic E-state index is 10.1. The second-order valence-corrected chi connectivity index (χ2v) is 9.12. The third kappa shape index (κ3) is 3.49. The highest BCUT2D eigenvalue weighted by Gasteiger charge is 2.47. The number of piperidine rings is 1. The molecular formula is C25H35N5O2. The maximum absolute atomic E-state index is 10.1. The molecule has 2 atom stereocenters. The Kier molecular flexibility index (Phi) is 6.00. The van der Waals surface area contributed by atoms with Crippen molar-refractivity contribution in [3.63, 3.8) is 0 Å². The van der Waals surface area contributed by atoms with Crippen LogP contribution in [-0.4, -0.2) is 51.5 Å². The van der Waals surface area contributed by atoms with Gasteiger partial charge in [-0.1, -0.05) is 25.6 Å². The van der Waals surface area contributed by atoms with E-state index in [0.717, 1.165) is 61.0 Å². The van der Waals surface area contributed by atoms with E-state index in [1.165, 1.54) is 5.39 Å². The molecule has 0 saturated carbocycles. The Hall–Kier alpha value is -2.48. The number of anilines is 1. The van der Waals surface area contributed by atoms with Crippen molar-refractivity contribution in [2.75, 3.05) is 24.6 Å². The quantitative estimate of drug-likeness (QED) is 0.653. The van der Waals surface area contributed by atoms with E-state index >= 15 is 0 Å². The lowest BCUT2D eigenvalue weighted by molar-refractivity contribution is 0.0973. The fourth-order valence-corrected chi connectivity index (χ4v) is 5.30. The van der Waals surface area contributed by atoms with Gasteiger partial charge in [-0.2, -0.15) is 0 Å². The summed E-state index contributed by atoms with van der Waals surface area (Å²) in [7, 11) is 2.04. The van der Waals surface area contributed by atoms with Crippen molar-refractivity contribution in [1.82, 2.24) is 14.5 Å². The average Bonchev–Trinajstić information content (AvgIpc) is 3.26. The standard InChI is InChI=1S/C24H31N5O2.CH4/c1-15-21(20-12-17-6-4-5-7-19(17)28(20)3)27-18(13-30)23(26-15)29-10-8-24(9-11-29)14-31-16(2)22(24)25;/h4-7,12,16,22,30H,8-11,13-14,25H2,1-3H3;1H4/t16-,22+;/m0./s1. The lowest BCUT2D eigenvalue weighted by atomic mass is 9.73. The van der Waals surface area contributed by atoms with E-state index in [9.17, 15) is 5.11 Å². The van der Waals surface area contributed by atoms with Crippen LogP contribution in [0.3, 0.4) is 0 Å². The average molecular weight is 438 g/mol. The molecule has 2 saturated heterocycles. The molecule has 3 aromatic rings. The molecule has 172 valence electrons. The van der Waals surface area contributed by atoms with Gasteiger partial charge in [-0.3, -0.25) is 0 Å². The zero-order valence-corrected chi connectivity index (χ0v) is 18.5. The number of hydrogen-bond donors (Lipinski definition) is 2. The molecule has 1 spiro atoms. The first-order valence-corrected chi connectivity index (χ1v) is 11.1. The minimum absolute atomic E-state index is 0. The van der Waals surface area contributed by atoms with Crippen molar-refractivity contribution < 1.29 is 9.84 Å². The molecule has 0 bridgehead atoms. The van der Waals surface area contributed by atoms with E-state index < -0.39 is 0 Å². The Bertz CT molecular complexity index is 1120. The number of nitrogens with zero attached hydrogens (tertiary/aromatic N) is 4. The summed E-state index contributed by atoms with van der Waals surface area (Å²) in [6, 6.07) is 10.5. The molecule has 5 rings (SSSR count). The molecule has 3 N–H and O–H groups in total. The number of nitrogens with two attached hydrogens (primary N) is 1. The molecule has 2 aliphatic rings. The summed E-state index contributed by atoms with van der Waals surface area (Å²) < 4.78 is 7.99. The Morgan fingerprint density at radius 2 is 1.94 bits per heavy atom. The molecule has 7 nitrogen and oxygen atoms in total. The molecule has 0 radical (unpaired) electrons. The maximum Gasteiger partial charge on any atom is 0.153 e. The van der Waals surface area contributed by atoms with Crippen molar-refractivity contribution in [3.8, 4) is 11.4 Å². The second kappa shape index (κ2) is 8.46. The number of hydrogen-bond acceptors (Lipinski definition) is 6. The summed E-state index contributed by atoms with van der Waals surface area (Å²) in [5, 5.41) is 11.3. The van der Waals surface area contributed by atoms with Gasteiger partial charge in [0, 0.05) is 42.5 Å². The molecule has 2 aliphatic heterocycles. The highest BCUT2D eigenvalue weighted by molar-refractivity contribution is 5.86. The van der Waals surface area contributed by atoms with Gasteiger partial charge < -0.3 is 25.0 Å². The first-order valence-electron chi connectivity index (χ1n) is 11.1. The zero-order chi connectivity index (χ0) is 21.8. The molecule has 4 heterocycles. The van der Waals surface area contributed by atoms with Gasteiger partial charge in [-0.15, -0.1) is 0 Å². The summed E-state index contributed by atoms with van der Waals surface area (Å²) >= 11 is 0. The summed E-state index contributed by atoms with van der Waals surface area (Å²) in [6.45, 7) is 6.35. The highest BCUT2D eigenvalue weighted by atomic mass is 16.5. The lowest BCUT2D eigenvalue weighted by Crippen LogP contribution is -2.51. The molecule has 2 aromatic heterocycles. The van der Waals surface area contributed by atoms with Gasteiger partial charge in [0.25, 0.3) is 0 Å². The minimum Gasteiger partial charge on any atom is -0.390 e. The van der Waals surface area contributed by atoms with E-state index in [1.54, 1.807) is 0 Å². The number of ether oxygens (including phenoxy) is 1. The number of benzene rings is 1. The fourth-order valence-electron chi connectivity index (χ4n) is 5.30. The van der Waals surface area contributed by atoms with E-state index in [0.29, 0.717) is 5.69 Å². The SMILES string of the molecule is C.Cc1nc(N2CCC3(CC2)CO[C@@H](C)[C@H]3N)c(CO)nc1-c1cc2ccccc2n1C. The van der Waals surface area contributed by atoms with E-state index in [1.807, 2.05) is 26.1 Å². The molecule has 7 heteroatoms. The Balaban J connectivity index is 0.00000245. The van der Waals surface area contributed by atoms with Crippen molar-refractivity contribution in [1.29, 1.82) is 0 Å². The second-order valence-electron chi connectivity index (χ2n) is 9.12. The van der Waals surface area contributed by atoms with Crippen molar-refractivity contribution in [2.45, 2.75) is 52.9 Å². The van der Waals surface area contributed by atoms with Crippen LogP contribution < -0.4 is 10.6 Å². The highest BCUT2D eigenvalue weighted by Crippen LogP contribution is 2.42. The van der Waals surface area contributed by atoms with Crippen LogP contribution in [0.2, 0.25) is 0 Å². The Morgan fingerprint density at radius 3 is 2.56 bits per heavy atom. The van der Waals surface area contributed by atoms with Crippen LogP contribution in [0.25, 0.3) is 22.3 Å². The Morgan fingerprint density at radius 1 is 1.22 bits per heavy atom. The lowest BCUT2D eigenvalue weighted by Gasteiger charge is -2.42. The molecule has 1 aromatic carbocycles. The van der Waals surface area contributed by atoms with Gasteiger partial charge in [0.05, 0.1) is 30.7 Å². The van der Waals surface area contributed by atoms with Gasteiger partial charge in [0.15, 0.2) is 5.82 Å². The molecule has 0 unspecified atom stereocenters. The number of aliphatic hydroxyl groups is 1. The molecule has 0 aliphatic carbocycles. The monoisotopic (exact) mass is 437 g/mol. The number of aliphatic hydroxyl groups excluding tert-OH is 1. The van der Waals surface area contributed by atoms with Gasteiger partial charge in [0.1, 0.15) is 11.4 Å². The fraction of sp³-hybridized carbons (Fsp3) is 0.520. The van der Waals surface area contributed by atoms with Crippen LogP contribution in [-0.2, 0) is 18.4 Å². The van der Waals surface area contributed by atoms with Crippen molar-refractivity contribution in [2.24, 2.45) is 18.2 Å². The van der Waals surface area contributed by atoms with Crippen LogP contribution in [0.1, 0.15) is 38.6 Å². The third-order valence-electron chi connectivity index (χ3n) is 7.37. The predicted molar refractivity (Wildman–Crippen MR) is 129 cm³/mol. The first-order chi connectivity index (χ1) is 14.9. The van der Waals surface area contributed by atoms with Gasteiger partial charge in [-0.25, -0.2) is 9.97 Å². The summed E-state index contributed by atoms with van der Waals surface area (Å²) in [5.41, 5.74) is 11.0. The first kappa shape index (κ1) is 22.7. The molecule has 32 heavy (non-hydrogen) atoms. The number of aromatic nitrogens is 3. The Labute approximate surface area is 190 Å². The van der Waals surface area contributed by atoms with Crippen LogP contribution in [0.15, 0.2) is 30.3 Å². The zero-order valence-electron chi connectivity index (χ0n) is 18.5. The van der Waals surface area contributed by atoms with Gasteiger partial charge >= 0.3 is 0 Å². The van der Waals surface area contributed by atoms with Gasteiger partial charge in [0.2, 0.25) is 0 Å². The summed E-state index contributed by atoms with van der Waals surface area (Å²) in [5.74, 6) is 0.790. The van der Waals surface area contributed by atoms with E-state index in [4.69, 9.17) is 20.4 Å². The van der Waals surface area contributed by atoms with E-state index in [2.05, 4.69) is 34.6 Å². The van der Waals surface area contributed by atoms with E-state index in [-0.39, 0.29) is 31.6 Å². The number of fused-ring (bicyclic) bond motifs is 1. The van der Waals surface area contributed by atoms with Gasteiger partial charge in [-0.05, 0) is 38.8 Å². The minimum atomic E-state index is -0.138. The number of para-hydroxylation sites is 1. The number of rotatable bonds is 3. The summed E-state index contributed by atoms with van der Waals surface area (Å²) in [6.07, 6.45) is 2.05. The van der Waals surface area contributed by atoms with Crippen molar-refractivity contribution in [3.05, 3.63) is 41.7 Å². The van der Waals surface area contributed by atoms with Crippen LogP contribution in [0.5, 0.6) is 0 Å². The van der Waals surface area contributed by atoms with Crippen LogP contribution in [0, 0.1) is 12.3 Å². The van der Waals surface area contributed by atoms with Crippen molar-refractivity contribution >= 4 is 16.7 Å². The normalized spacial score (nSPS) is 22.5. The smallest absolute Gasteiger partial charge is 0.153 e. The largest absolute Gasteiger partial charge is 0.390 e. The third-order valence-corrected chi connectivity index (χ3v) is 7.37.